The summed E-state index contributed by atoms with van der Waals surface area (Å²) in [7, 11) is -4.79. The van der Waals surface area contributed by atoms with Crippen LogP contribution in [-0.2, 0) is 4.57 Å². The predicted molar refractivity (Wildman–Crippen MR) is 76.5 cm³/mol. The van der Waals surface area contributed by atoms with Crippen LogP contribution in [0.5, 0.6) is 0 Å². The van der Waals surface area contributed by atoms with E-state index in [0.29, 0.717) is 0 Å². The molecule has 0 aliphatic heterocycles. The Morgan fingerprint density at radius 3 is 1.76 bits per heavy atom. The second-order valence-electron chi connectivity index (χ2n) is 3.93. The molecule has 0 fully saturated rings. The number of para-hydroxylation sites is 1. The normalized spacial score (nSPS) is 12.0. The van der Waals surface area contributed by atoms with Crippen LogP contribution in [0.25, 0.3) is 0 Å². The predicted octanol–water partition coefficient (Wildman–Crippen LogP) is 2.45. The quantitative estimate of drug-likeness (QED) is 0.455. The fourth-order valence-corrected chi connectivity index (χ4v) is 2.02. The highest BCUT2D eigenvalue weighted by molar-refractivity contribution is 7.51. The second-order valence-corrected chi connectivity index (χ2v) is 5.60. The molecule has 0 heterocycles. The van der Waals surface area contributed by atoms with E-state index >= 15 is 0 Å². The smallest absolute Gasteiger partial charge is 0.358 e. The van der Waals surface area contributed by atoms with Crippen LogP contribution in [0.1, 0.15) is 11.4 Å². The summed E-state index contributed by atoms with van der Waals surface area (Å²) in [6, 6.07) is 16.9. The van der Waals surface area contributed by atoms with Crippen molar-refractivity contribution in [3.8, 4) is 0 Å². The largest absolute Gasteiger partial charge is 0.376 e. The molecule has 0 aliphatic rings. The Balaban J connectivity index is 0.000000304. The first kappa shape index (κ1) is 17.0. The molecular formula is C13H14NO6P. The molecule has 0 spiro atoms. The summed E-state index contributed by atoms with van der Waals surface area (Å²) in [4.78, 5) is 27.1. The number of hydrogen-bond donors (Lipinski definition) is 3. The van der Waals surface area contributed by atoms with Gasteiger partial charge in [-0.2, -0.15) is 0 Å². The van der Waals surface area contributed by atoms with Gasteiger partial charge < -0.3 is 14.9 Å². The van der Waals surface area contributed by atoms with Gasteiger partial charge in [0.25, 0.3) is 5.69 Å². The van der Waals surface area contributed by atoms with Crippen molar-refractivity contribution in [2.45, 2.75) is 5.85 Å². The first-order chi connectivity index (χ1) is 9.84. The van der Waals surface area contributed by atoms with Crippen molar-refractivity contribution in [2.24, 2.45) is 0 Å². The number of nitro benzene ring substituents is 1. The van der Waals surface area contributed by atoms with Gasteiger partial charge in [0, 0.05) is 6.07 Å². The van der Waals surface area contributed by atoms with Crippen molar-refractivity contribution < 1.29 is 24.4 Å². The Hall–Kier alpha value is -2.05. The lowest BCUT2D eigenvalue weighted by molar-refractivity contribution is -0.386. The van der Waals surface area contributed by atoms with Crippen LogP contribution >= 0.6 is 7.60 Å². The maximum absolute atomic E-state index is 10.7. The first-order valence-corrected chi connectivity index (χ1v) is 7.49. The van der Waals surface area contributed by atoms with Crippen molar-refractivity contribution in [2.75, 3.05) is 0 Å². The molecule has 0 saturated carbocycles. The summed E-state index contributed by atoms with van der Waals surface area (Å²) in [5.74, 6) is -2.17. The first-order valence-electron chi connectivity index (χ1n) is 5.80. The highest BCUT2D eigenvalue weighted by Gasteiger charge is 2.33. The molecule has 0 aliphatic carbocycles. The third-order valence-corrected chi connectivity index (χ3v) is 3.31. The summed E-state index contributed by atoms with van der Waals surface area (Å²) < 4.78 is 10.7. The van der Waals surface area contributed by atoms with Crippen LogP contribution in [0.2, 0.25) is 0 Å². The van der Waals surface area contributed by atoms with Gasteiger partial charge in [0.2, 0.25) is 0 Å². The number of aliphatic hydroxyl groups excluding tert-OH is 1. The third kappa shape index (κ3) is 5.45. The lowest BCUT2D eigenvalue weighted by Crippen LogP contribution is -2.02. The highest BCUT2D eigenvalue weighted by atomic mass is 31.2. The minimum absolute atomic E-state index is 0.393. The van der Waals surface area contributed by atoms with Crippen molar-refractivity contribution in [1.82, 2.24) is 0 Å². The Morgan fingerprint density at radius 1 is 0.952 bits per heavy atom. The second kappa shape index (κ2) is 7.66. The molecular weight excluding hydrogens is 297 g/mol. The van der Waals surface area contributed by atoms with Gasteiger partial charge in [-0.05, 0) is 6.07 Å². The van der Waals surface area contributed by atoms with Gasteiger partial charge in [-0.1, -0.05) is 48.5 Å². The van der Waals surface area contributed by atoms with E-state index in [1.54, 1.807) is 0 Å². The number of hydrogen-bond acceptors (Lipinski definition) is 4. The summed E-state index contributed by atoms with van der Waals surface area (Å²) in [5.41, 5.74) is -0.913. The SMILES string of the molecule is O=[N+]([O-])c1ccccc1C(O)P(=O)(O)O.c1ccccc1. The van der Waals surface area contributed by atoms with Crippen molar-refractivity contribution in [3.63, 3.8) is 0 Å². The maximum Gasteiger partial charge on any atom is 0.358 e. The zero-order valence-corrected chi connectivity index (χ0v) is 11.7. The van der Waals surface area contributed by atoms with Crippen LogP contribution in [0.15, 0.2) is 60.7 Å². The van der Waals surface area contributed by atoms with Crippen molar-refractivity contribution in [1.29, 1.82) is 0 Å². The average molecular weight is 311 g/mol. The van der Waals surface area contributed by atoms with E-state index in [9.17, 15) is 19.8 Å². The van der Waals surface area contributed by atoms with Crippen LogP contribution < -0.4 is 0 Å². The van der Waals surface area contributed by atoms with Crippen molar-refractivity contribution >= 4 is 13.3 Å². The number of nitro groups is 1. The van der Waals surface area contributed by atoms with E-state index < -0.39 is 29.6 Å². The molecule has 8 heteroatoms. The van der Waals surface area contributed by atoms with E-state index in [-0.39, 0.29) is 0 Å². The van der Waals surface area contributed by atoms with E-state index in [1.807, 2.05) is 36.4 Å². The van der Waals surface area contributed by atoms with Crippen molar-refractivity contribution in [3.05, 3.63) is 76.3 Å². The molecule has 0 amide bonds. The average Bonchev–Trinajstić information content (AvgIpc) is 2.48. The molecule has 3 N–H and O–H groups in total. The van der Waals surface area contributed by atoms with Gasteiger partial charge in [0.1, 0.15) is 0 Å². The van der Waals surface area contributed by atoms with Gasteiger partial charge >= 0.3 is 7.60 Å². The number of rotatable bonds is 3. The highest BCUT2D eigenvalue weighted by Crippen LogP contribution is 2.51. The molecule has 2 aromatic carbocycles. The van der Waals surface area contributed by atoms with Crippen LogP contribution in [-0.4, -0.2) is 19.8 Å². The fourth-order valence-electron chi connectivity index (χ4n) is 1.44. The maximum atomic E-state index is 10.7. The monoisotopic (exact) mass is 311 g/mol. The molecule has 7 nitrogen and oxygen atoms in total. The zero-order valence-electron chi connectivity index (χ0n) is 10.8. The number of benzene rings is 2. The summed E-state index contributed by atoms with van der Waals surface area (Å²) in [6.45, 7) is 0. The van der Waals surface area contributed by atoms with Gasteiger partial charge in [0.05, 0.1) is 10.5 Å². The van der Waals surface area contributed by atoms with Crippen LogP contribution in [0.3, 0.4) is 0 Å². The van der Waals surface area contributed by atoms with E-state index in [4.69, 9.17) is 9.79 Å². The van der Waals surface area contributed by atoms with Gasteiger partial charge in [-0.25, -0.2) is 0 Å². The van der Waals surface area contributed by atoms with E-state index in [0.717, 1.165) is 12.1 Å². The van der Waals surface area contributed by atoms with E-state index in [1.165, 1.54) is 12.1 Å². The number of nitrogens with zero attached hydrogens (tertiary/aromatic N) is 1. The number of aliphatic hydroxyl groups is 1. The fraction of sp³-hybridized carbons (Fsp3) is 0.0769. The molecule has 0 radical (unpaired) electrons. The van der Waals surface area contributed by atoms with Gasteiger partial charge in [0.15, 0.2) is 5.85 Å². The summed E-state index contributed by atoms with van der Waals surface area (Å²) in [6.07, 6.45) is 0. The molecule has 1 atom stereocenters. The Morgan fingerprint density at radius 2 is 1.38 bits per heavy atom. The molecule has 0 bridgehead atoms. The molecule has 21 heavy (non-hydrogen) atoms. The molecule has 2 aromatic rings. The molecule has 1 unspecified atom stereocenters. The van der Waals surface area contributed by atoms with Crippen LogP contribution in [0, 0.1) is 10.1 Å². The minimum atomic E-state index is -4.79. The molecule has 0 saturated heterocycles. The summed E-state index contributed by atoms with van der Waals surface area (Å²) >= 11 is 0. The molecule has 0 aromatic heterocycles. The Labute approximate surface area is 120 Å². The lowest BCUT2D eigenvalue weighted by Gasteiger charge is -2.12. The minimum Gasteiger partial charge on any atom is -0.376 e. The van der Waals surface area contributed by atoms with Gasteiger partial charge in [-0.15, -0.1) is 0 Å². The van der Waals surface area contributed by atoms with Crippen LogP contribution in [0.4, 0.5) is 5.69 Å². The standard InChI is InChI=1S/C7H8NO6P.C6H6/c9-7(15(12,13)14)5-3-1-2-4-6(5)8(10)11;1-2-4-6-5-3-1/h1-4,7,9H,(H2,12,13,14);1-6H. The molecule has 112 valence electrons. The Bertz CT molecular complexity index is 601. The van der Waals surface area contributed by atoms with Gasteiger partial charge in [-0.3, -0.25) is 14.7 Å². The summed E-state index contributed by atoms with van der Waals surface area (Å²) in [5, 5.41) is 19.7. The molecule has 2 rings (SSSR count). The zero-order chi connectivity index (χ0) is 15.9. The van der Waals surface area contributed by atoms with E-state index in [2.05, 4.69) is 0 Å². The third-order valence-electron chi connectivity index (χ3n) is 2.40. The topological polar surface area (TPSA) is 121 Å². The Kier molecular flexibility index (Phi) is 6.20. The lowest BCUT2D eigenvalue weighted by atomic mass is 10.2.